The van der Waals surface area contributed by atoms with Crippen LogP contribution in [0.3, 0.4) is 0 Å². The molecule has 1 heterocycles. The van der Waals surface area contributed by atoms with Crippen LogP contribution in [-0.2, 0) is 23.5 Å². The Balaban J connectivity index is 1.36. The molecule has 0 radical (unpaired) electrons. The molecule has 3 N–H and O–H groups in total. The molecule has 28 heavy (non-hydrogen) atoms. The number of hydrogen-bond donors (Lipinski definition) is 2. The number of ether oxygens (including phenoxy) is 1. The Morgan fingerprint density at radius 2 is 1.61 bits per heavy atom. The maximum absolute atomic E-state index is 11.2. The van der Waals surface area contributed by atoms with Crippen molar-refractivity contribution in [1.29, 1.82) is 0 Å². The van der Waals surface area contributed by atoms with E-state index >= 15 is 0 Å². The van der Waals surface area contributed by atoms with Crippen LogP contribution in [0.5, 0.6) is 0 Å². The summed E-state index contributed by atoms with van der Waals surface area (Å²) in [4.78, 5) is 15.3. The summed E-state index contributed by atoms with van der Waals surface area (Å²) in [5.41, 5.74) is 10.6. The average molecular weight is 373 g/mol. The highest BCUT2D eigenvalue weighted by molar-refractivity contribution is 5.74. The molecule has 0 spiro atoms. The molecule has 0 bridgehead atoms. The molecule has 1 aromatic heterocycles. The minimum atomic E-state index is -0.470. The number of pyridine rings is 1. The summed E-state index contributed by atoms with van der Waals surface area (Å²) in [5, 5.41) is 2.87. The van der Waals surface area contributed by atoms with Gasteiger partial charge in [-0.1, -0.05) is 54.6 Å². The Kier molecular flexibility index (Phi) is 5.08. The van der Waals surface area contributed by atoms with E-state index in [0.29, 0.717) is 13.2 Å². The number of rotatable bonds is 7. The van der Waals surface area contributed by atoms with Crippen LogP contribution in [0.25, 0.3) is 11.1 Å². The Morgan fingerprint density at radius 3 is 2.18 bits per heavy atom. The van der Waals surface area contributed by atoms with Gasteiger partial charge in [-0.2, -0.15) is 0 Å². The number of nitrogens with zero attached hydrogens (tertiary/aromatic N) is 1. The van der Waals surface area contributed by atoms with Gasteiger partial charge in [0.05, 0.1) is 18.8 Å². The molecule has 3 aromatic rings. The van der Waals surface area contributed by atoms with Crippen LogP contribution in [0.1, 0.15) is 29.5 Å². The van der Waals surface area contributed by atoms with Gasteiger partial charge in [0.25, 0.3) is 0 Å². The normalized spacial score (nSPS) is 14.4. The lowest BCUT2D eigenvalue weighted by molar-refractivity contribution is 0.107. The minimum absolute atomic E-state index is 0.264. The molecular formula is C23H23N3O2. The first kappa shape index (κ1) is 18.2. The number of amides is 2. The van der Waals surface area contributed by atoms with Gasteiger partial charge in [-0.3, -0.25) is 4.98 Å². The molecule has 5 nitrogen and oxygen atoms in total. The standard InChI is InChI=1S/C23H23N3O2/c24-22(27)26-23(11-12-23)21-9-7-20(8-10-21)19-5-3-17(4-6-19)15-28-16-18-2-1-13-25-14-18/h1-10,13-14H,11-12,15-16H2,(H3,24,26,27). The first-order valence-corrected chi connectivity index (χ1v) is 9.39. The first-order chi connectivity index (χ1) is 13.6. The summed E-state index contributed by atoms with van der Waals surface area (Å²) >= 11 is 0. The molecule has 0 unspecified atom stereocenters. The molecule has 1 fully saturated rings. The first-order valence-electron chi connectivity index (χ1n) is 9.39. The fourth-order valence-electron chi connectivity index (χ4n) is 3.39. The van der Waals surface area contributed by atoms with Gasteiger partial charge < -0.3 is 15.8 Å². The van der Waals surface area contributed by atoms with E-state index < -0.39 is 6.03 Å². The smallest absolute Gasteiger partial charge is 0.312 e. The summed E-state index contributed by atoms with van der Waals surface area (Å²) < 4.78 is 5.76. The number of carbonyl (C=O) groups is 1. The number of primary amides is 1. The van der Waals surface area contributed by atoms with Crippen LogP contribution < -0.4 is 11.1 Å². The summed E-state index contributed by atoms with van der Waals surface area (Å²) in [7, 11) is 0. The fourth-order valence-corrected chi connectivity index (χ4v) is 3.39. The van der Waals surface area contributed by atoms with Crippen LogP contribution in [0.15, 0.2) is 73.1 Å². The molecule has 2 aromatic carbocycles. The zero-order valence-electron chi connectivity index (χ0n) is 15.6. The third kappa shape index (κ3) is 4.21. The molecule has 1 aliphatic rings. The zero-order chi connectivity index (χ0) is 19.4. The number of nitrogens with one attached hydrogen (secondary N) is 1. The molecule has 2 amide bonds. The molecule has 0 atom stereocenters. The lowest BCUT2D eigenvalue weighted by Gasteiger charge is -2.16. The van der Waals surface area contributed by atoms with Crippen LogP contribution in [0.4, 0.5) is 4.79 Å². The highest BCUT2D eigenvalue weighted by Crippen LogP contribution is 2.45. The van der Waals surface area contributed by atoms with Crippen molar-refractivity contribution in [3.63, 3.8) is 0 Å². The third-order valence-corrected chi connectivity index (χ3v) is 5.10. The second kappa shape index (κ2) is 7.82. The van der Waals surface area contributed by atoms with E-state index in [0.717, 1.165) is 40.7 Å². The zero-order valence-corrected chi connectivity index (χ0v) is 15.6. The molecule has 4 rings (SSSR count). The van der Waals surface area contributed by atoms with E-state index in [2.05, 4.69) is 58.8 Å². The van der Waals surface area contributed by atoms with Gasteiger partial charge in [-0.15, -0.1) is 0 Å². The Bertz CT molecular complexity index is 934. The van der Waals surface area contributed by atoms with Crippen molar-refractivity contribution in [3.8, 4) is 11.1 Å². The van der Waals surface area contributed by atoms with Crippen molar-refractivity contribution in [2.45, 2.75) is 31.6 Å². The third-order valence-electron chi connectivity index (χ3n) is 5.10. The van der Waals surface area contributed by atoms with E-state index in [1.165, 1.54) is 0 Å². The number of carbonyl (C=O) groups excluding carboxylic acids is 1. The Morgan fingerprint density at radius 1 is 0.964 bits per heavy atom. The van der Waals surface area contributed by atoms with E-state index in [9.17, 15) is 4.79 Å². The average Bonchev–Trinajstić information content (AvgIpc) is 3.49. The Labute approximate surface area is 164 Å². The number of nitrogens with two attached hydrogens (primary N) is 1. The molecule has 0 aliphatic heterocycles. The number of urea groups is 1. The van der Waals surface area contributed by atoms with Crippen molar-refractivity contribution in [2.75, 3.05) is 0 Å². The quantitative estimate of drug-likeness (QED) is 0.654. The summed E-state index contributed by atoms with van der Waals surface area (Å²) in [6.07, 6.45) is 5.44. The van der Waals surface area contributed by atoms with Crippen molar-refractivity contribution in [2.24, 2.45) is 5.73 Å². The van der Waals surface area contributed by atoms with Crippen molar-refractivity contribution >= 4 is 6.03 Å². The molecule has 5 heteroatoms. The van der Waals surface area contributed by atoms with Gasteiger partial charge in [-0.25, -0.2) is 4.79 Å². The largest absolute Gasteiger partial charge is 0.372 e. The Hall–Kier alpha value is -3.18. The van der Waals surface area contributed by atoms with Crippen LogP contribution in [0, 0.1) is 0 Å². The summed E-state index contributed by atoms with van der Waals surface area (Å²) in [6.45, 7) is 1.12. The lowest BCUT2D eigenvalue weighted by Crippen LogP contribution is -2.38. The number of benzene rings is 2. The predicted octanol–water partition coefficient (Wildman–Crippen LogP) is 4.12. The highest BCUT2D eigenvalue weighted by Gasteiger charge is 2.45. The van der Waals surface area contributed by atoms with E-state index in [-0.39, 0.29) is 5.54 Å². The van der Waals surface area contributed by atoms with Gasteiger partial charge in [0.1, 0.15) is 0 Å². The maximum atomic E-state index is 11.2. The van der Waals surface area contributed by atoms with Crippen LogP contribution >= 0.6 is 0 Å². The van der Waals surface area contributed by atoms with Gasteiger partial charge in [-0.05, 0) is 46.7 Å². The summed E-state index contributed by atoms with van der Waals surface area (Å²) in [6, 6.07) is 20.1. The SMILES string of the molecule is NC(=O)NC1(c2ccc(-c3ccc(COCc4cccnc4)cc3)cc2)CC1. The number of hydrogen-bond acceptors (Lipinski definition) is 3. The predicted molar refractivity (Wildman–Crippen MR) is 108 cm³/mol. The highest BCUT2D eigenvalue weighted by atomic mass is 16.5. The van der Waals surface area contributed by atoms with Crippen molar-refractivity contribution < 1.29 is 9.53 Å². The van der Waals surface area contributed by atoms with Gasteiger partial charge in [0.2, 0.25) is 0 Å². The molecule has 1 saturated carbocycles. The monoisotopic (exact) mass is 373 g/mol. The lowest BCUT2D eigenvalue weighted by atomic mass is 9.99. The van der Waals surface area contributed by atoms with E-state index in [1.54, 1.807) is 6.20 Å². The molecule has 142 valence electrons. The van der Waals surface area contributed by atoms with Crippen LogP contribution in [0.2, 0.25) is 0 Å². The van der Waals surface area contributed by atoms with Gasteiger partial charge in [0, 0.05) is 12.4 Å². The number of aromatic nitrogens is 1. The molecule has 0 saturated heterocycles. The van der Waals surface area contributed by atoms with E-state index in [4.69, 9.17) is 10.5 Å². The molecule has 1 aliphatic carbocycles. The minimum Gasteiger partial charge on any atom is -0.372 e. The van der Waals surface area contributed by atoms with Gasteiger partial charge >= 0.3 is 6.03 Å². The van der Waals surface area contributed by atoms with E-state index in [1.807, 2.05) is 18.3 Å². The maximum Gasteiger partial charge on any atom is 0.312 e. The topological polar surface area (TPSA) is 77.2 Å². The summed E-state index contributed by atoms with van der Waals surface area (Å²) in [5.74, 6) is 0. The van der Waals surface area contributed by atoms with Crippen molar-refractivity contribution in [1.82, 2.24) is 10.3 Å². The second-order valence-electron chi connectivity index (χ2n) is 7.20. The molecular weight excluding hydrogens is 350 g/mol. The van der Waals surface area contributed by atoms with Crippen molar-refractivity contribution in [3.05, 3.63) is 89.7 Å². The second-order valence-corrected chi connectivity index (χ2v) is 7.20. The fraction of sp³-hybridized carbons (Fsp3) is 0.217. The van der Waals surface area contributed by atoms with Gasteiger partial charge in [0.15, 0.2) is 0 Å². The van der Waals surface area contributed by atoms with Crippen LogP contribution in [-0.4, -0.2) is 11.0 Å².